The number of hydrogen-bond donors (Lipinski definition) is 1. The van der Waals surface area contributed by atoms with E-state index in [1.165, 1.54) is 12.1 Å². The van der Waals surface area contributed by atoms with Gasteiger partial charge in [-0.15, -0.1) is 0 Å². The normalized spacial score (nSPS) is 14.3. The molecule has 0 heterocycles. The quantitative estimate of drug-likeness (QED) is 0.337. The van der Waals surface area contributed by atoms with Gasteiger partial charge in [-0.1, -0.05) is 33.8 Å². The van der Waals surface area contributed by atoms with Gasteiger partial charge in [0.1, 0.15) is 24.4 Å². The molecule has 0 aromatic heterocycles. The van der Waals surface area contributed by atoms with E-state index >= 15 is 0 Å². The maximum absolute atomic E-state index is 12.5. The molecule has 0 bridgehead atoms. The van der Waals surface area contributed by atoms with Crippen LogP contribution in [0.25, 0.3) is 0 Å². The van der Waals surface area contributed by atoms with Crippen molar-refractivity contribution in [3.8, 4) is 11.5 Å². The molecule has 0 spiro atoms. The average Bonchev–Trinajstić information content (AvgIpc) is 2.79. The predicted molar refractivity (Wildman–Crippen MR) is 127 cm³/mol. The Morgan fingerprint density at radius 1 is 0.771 bits per heavy atom. The molecule has 1 rings (SSSR count). The molecule has 0 aliphatic carbocycles. The number of hydrogen-bond acceptors (Lipinski definition) is 10. The number of nitrogens with two attached hydrogens (primary N) is 1. The Balaban J connectivity index is 2.78. The number of esters is 3. The number of carbonyl (C=O) groups is 4. The van der Waals surface area contributed by atoms with Gasteiger partial charge in [0.15, 0.2) is 11.5 Å². The first-order chi connectivity index (χ1) is 16.4. The van der Waals surface area contributed by atoms with E-state index in [4.69, 9.17) is 29.4 Å². The maximum atomic E-state index is 12.5. The van der Waals surface area contributed by atoms with Crippen LogP contribution in [0.4, 0.5) is 4.79 Å². The highest BCUT2D eigenvalue weighted by Crippen LogP contribution is 2.30. The molecule has 0 amide bonds. The molecule has 0 radical (unpaired) electrons. The summed E-state index contributed by atoms with van der Waals surface area (Å²) in [6.07, 6.45) is -2.36. The van der Waals surface area contributed by atoms with Crippen LogP contribution in [0.2, 0.25) is 0 Å². The molecule has 10 heteroatoms. The molecule has 2 unspecified atom stereocenters. The Labute approximate surface area is 206 Å². The average molecular weight is 496 g/mol. The number of carbonyl (C=O) groups excluding carboxylic acids is 4. The molecule has 0 saturated heterocycles. The van der Waals surface area contributed by atoms with Crippen molar-refractivity contribution < 1.29 is 42.9 Å². The first kappa shape index (κ1) is 29.9. The minimum Gasteiger partial charge on any atom is -0.458 e. The number of rotatable bonds is 12. The molecule has 0 aliphatic heterocycles. The lowest BCUT2D eigenvalue weighted by molar-refractivity contribution is -0.156. The number of ether oxygens (including phenoxy) is 5. The van der Waals surface area contributed by atoms with Gasteiger partial charge < -0.3 is 29.4 Å². The summed E-state index contributed by atoms with van der Waals surface area (Å²) in [5, 5.41) is 0. The fraction of sp³-hybridized carbons (Fsp3) is 0.600. The van der Waals surface area contributed by atoms with Gasteiger partial charge in [-0.25, -0.2) is 4.79 Å². The van der Waals surface area contributed by atoms with E-state index in [9.17, 15) is 19.2 Å². The monoisotopic (exact) mass is 495 g/mol. The van der Waals surface area contributed by atoms with Gasteiger partial charge in [0, 0.05) is 12.8 Å². The second kappa shape index (κ2) is 14.3. The summed E-state index contributed by atoms with van der Waals surface area (Å²) in [5.74, 6) is -1.42. The largest absolute Gasteiger partial charge is 0.508 e. The maximum Gasteiger partial charge on any atom is 0.508 e. The molecule has 196 valence electrons. The molecule has 2 N–H and O–H groups in total. The van der Waals surface area contributed by atoms with Crippen LogP contribution >= 0.6 is 0 Å². The standard InChI is InChI=1S/C25H37NO9/c1-8-22(27)34-20-11-10-18(13-21(20)35-23(28)9-2)12-19(26)24(29)31-16(6)17(7)33-25(30)32-15(5)14(3)4/h10-11,13-17,19H,8-9,12,26H2,1-7H3/t15?,16-,17?,19-/m0/s1. The zero-order chi connectivity index (χ0) is 26.7. The summed E-state index contributed by atoms with van der Waals surface area (Å²) in [7, 11) is 0. The molecular weight excluding hydrogens is 458 g/mol. The van der Waals surface area contributed by atoms with E-state index < -0.39 is 42.3 Å². The van der Waals surface area contributed by atoms with E-state index in [0.717, 1.165) is 0 Å². The molecule has 0 fully saturated rings. The van der Waals surface area contributed by atoms with E-state index in [1.54, 1.807) is 40.7 Å². The first-order valence-corrected chi connectivity index (χ1v) is 11.7. The van der Waals surface area contributed by atoms with Gasteiger partial charge in [-0.05, 0) is 50.8 Å². The third-order valence-electron chi connectivity index (χ3n) is 5.26. The van der Waals surface area contributed by atoms with Gasteiger partial charge in [0.25, 0.3) is 0 Å². The third-order valence-corrected chi connectivity index (χ3v) is 5.26. The summed E-state index contributed by atoms with van der Waals surface area (Å²) < 4.78 is 26.2. The van der Waals surface area contributed by atoms with E-state index in [0.29, 0.717) is 5.56 Å². The zero-order valence-electron chi connectivity index (χ0n) is 21.5. The lowest BCUT2D eigenvalue weighted by Gasteiger charge is -2.23. The van der Waals surface area contributed by atoms with Crippen LogP contribution in [0.3, 0.4) is 0 Å². The predicted octanol–water partition coefficient (Wildman–Crippen LogP) is 3.71. The zero-order valence-corrected chi connectivity index (χ0v) is 21.5. The van der Waals surface area contributed by atoms with Crippen molar-refractivity contribution in [2.45, 2.75) is 92.1 Å². The SMILES string of the molecule is CCC(=O)Oc1ccc(C[C@H](N)C(=O)O[C@@H](C)C(C)OC(=O)OC(C)C(C)C)cc1OC(=O)CC. The van der Waals surface area contributed by atoms with Crippen LogP contribution < -0.4 is 15.2 Å². The Bertz CT molecular complexity index is 884. The van der Waals surface area contributed by atoms with Crippen LogP contribution in [0.1, 0.15) is 66.9 Å². The van der Waals surface area contributed by atoms with Crippen molar-refractivity contribution in [2.75, 3.05) is 0 Å². The molecule has 4 atom stereocenters. The molecule has 10 nitrogen and oxygen atoms in total. The molecule has 0 aliphatic rings. The first-order valence-electron chi connectivity index (χ1n) is 11.7. The lowest BCUT2D eigenvalue weighted by Crippen LogP contribution is -2.39. The highest BCUT2D eigenvalue weighted by Gasteiger charge is 2.26. The molecule has 1 aromatic rings. The number of benzene rings is 1. The van der Waals surface area contributed by atoms with Crippen LogP contribution in [0.15, 0.2) is 18.2 Å². The summed E-state index contributed by atoms with van der Waals surface area (Å²) in [6, 6.07) is 3.52. The minimum atomic E-state index is -1.05. The van der Waals surface area contributed by atoms with Crippen molar-refractivity contribution >= 4 is 24.1 Å². The van der Waals surface area contributed by atoms with E-state index in [-0.39, 0.29) is 42.8 Å². The topological polar surface area (TPSA) is 140 Å². The Hall–Kier alpha value is -3.14. The fourth-order valence-corrected chi connectivity index (χ4v) is 2.50. The van der Waals surface area contributed by atoms with Crippen LogP contribution in [0, 0.1) is 5.92 Å². The summed E-state index contributed by atoms with van der Waals surface area (Å²) in [4.78, 5) is 47.8. The second-order valence-corrected chi connectivity index (χ2v) is 8.53. The fourth-order valence-electron chi connectivity index (χ4n) is 2.50. The highest BCUT2D eigenvalue weighted by atomic mass is 16.7. The third kappa shape index (κ3) is 10.3. The Morgan fingerprint density at radius 3 is 1.83 bits per heavy atom. The Kier molecular flexibility index (Phi) is 12.2. The minimum absolute atomic E-state index is 0.0567. The summed E-state index contributed by atoms with van der Waals surface area (Å²) in [5.41, 5.74) is 6.58. The second-order valence-electron chi connectivity index (χ2n) is 8.53. The van der Waals surface area contributed by atoms with Gasteiger partial charge in [0.2, 0.25) is 0 Å². The lowest BCUT2D eigenvalue weighted by atomic mass is 10.1. The van der Waals surface area contributed by atoms with Crippen LogP contribution in [0.5, 0.6) is 11.5 Å². The van der Waals surface area contributed by atoms with Crippen LogP contribution in [-0.2, 0) is 35.0 Å². The van der Waals surface area contributed by atoms with Crippen molar-refractivity contribution in [3.63, 3.8) is 0 Å². The van der Waals surface area contributed by atoms with Crippen molar-refractivity contribution in [2.24, 2.45) is 11.7 Å². The van der Waals surface area contributed by atoms with Gasteiger partial charge in [-0.3, -0.25) is 14.4 Å². The highest BCUT2D eigenvalue weighted by molar-refractivity contribution is 5.77. The van der Waals surface area contributed by atoms with Crippen molar-refractivity contribution in [1.29, 1.82) is 0 Å². The van der Waals surface area contributed by atoms with Gasteiger partial charge in [0.05, 0.1) is 0 Å². The van der Waals surface area contributed by atoms with Gasteiger partial charge in [-0.2, -0.15) is 0 Å². The van der Waals surface area contributed by atoms with Crippen molar-refractivity contribution in [3.05, 3.63) is 23.8 Å². The molecule has 1 aromatic carbocycles. The smallest absolute Gasteiger partial charge is 0.458 e. The van der Waals surface area contributed by atoms with Gasteiger partial charge >= 0.3 is 24.1 Å². The van der Waals surface area contributed by atoms with Crippen molar-refractivity contribution in [1.82, 2.24) is 0 Å². The molecule has 35 heavy (non-hydrogen) atoms. The molecule has 0 saturated carbocycles. The van der Waals surface area contributed by atoms with E-state index in [2.05, 4.69) is 0 Å². The summed E-state index contributed by atoms with van der Waals surface area (Å²) in [6.45, 7) is 12.0. The van der Waals surface area contributed by atoms with Crippen LogP contribution in [-0.4, -0.2) is 48.4 Å². The Morgan fingerprint density at radius 2 is 1.29 bits per heavy atom. The van der Waals surface area contributed by atoms with E-state index in [1.807, 2.05) is 13.8 Å². The summed E-state index contributed by atoms with van der Waals surface area (Å²) >= 11 is 0. The molecular formula is C25H37NO9.